The number of carbonyl (C=O) groups excluding carboxylic acids is 1. The van der Waals surface area contributed by atoms with Crippen molar-refractivity contribution in [2.45, 2.75) is 13.5 Å². The zero-order chi connectivity index (χ0) is 20.5. The normalized spacial score (nSPS) is 11.2. The van der Waals surface area contributed by atoms with Crippen LogP contribution in [0, 0.1) is 0 Å². The fraction of sp³-hybridized carbons (Fsp3) is 0.130. The van der Waals surface area contributed by atoms with Gasteiger partial charge in [0.15, 0.2) is 5.13 Å². The van der Waals surface area contributed by atoms with Gasteiger partial charge in [-0.25, -0.2) is 9.67 Å². The van der Waals surface area contributed by atoms with Crippen LogP contribution in [0.5, 0.6) is 0 Å². The first-order valence-corrected chi connectivity index (χ1v) is 10.6. The molecule has 0 fully saturated rings. The van der Waals surface area contributed by atoms with Crippen LogP contribution in [0.15, 0.2) is 72.8 Å². The minimum atomic E-state index is -0.0469. The Kier molecular flexibility index (Phi) is 4.72. The van der Waals surface area contributed by atoms with Gasteiger partial charge in [0.2, 0.25) is 0 Å². The third kappa shape index (κ3) is 3.33. The van der Waals surface area contributed by atoms with Gasteiger partial charge in [-0.15, -0.1) is 5.10 Å². The van der Waals surface area contributed by atoms with Gasteiger partial charge in [-0.05, 0) is 48.9 Å². The van der Waals surface area contributed by atoms with Crippen molar-refractivity contribution < 1.29 is 4.79 Å². The number of hydrogen-bond acceptors (Lipinski definition) is 5. The summed E-state index contributed by atoms with van der Waals surface area (Å²) in [7, 11) is 0. The molecule has 0 N–H and O–H groups in total. The van der Waals surface area contributed by atoms with Crippen molar-refractivity contribution >= 4 is 43.6 Å². The topological polar surface area (TPSA) is 63.9 Å². The second-order valence-electron chi connectivity index (χ2n) is 6.95. The molecule has 0 aliphatic carbocycles. The average molecular weight is 414 g/mol. The summed E-state index contributed by atoms with van der Waals surface area (Å²) in [5.41, 5.74) is 4.48. The van der Waals surface area contributed by atoms with E-state index in [1.54, 1.807) is 4.90 Å². The highest BCUT2D eigenvalue weighted by Crippen LogP contribution is 2.29. The van der Waals surface area contributed by atoms with Crippen molar-refractivity contribution in [1.82, 2.24) is 20.0 Å². The van der Waals surface area contributed by atoms with E-state index in [4.69, 9.17) is 0 Å². The molecular weight excluding hydrogens is 394 g/mol. The Morgan fingerprint density at radius 3 is 2.47 bits per heavy atom. The van der Waals surface area contributed by atoms with E-state index in [0.717, 1.165) is 31.9 Å². The summed E-state index contributed by atoms with van der Waals surface area (Å²) >= 11 is 1.54. The molecule has 6 nitrogen and oxygen atoms in total. The summed E-state index contributed by atoms with van der Waals surface area (Å²) in [6, 6.07) is 23.5. The van der Waals surface area contributed by atoms with Crippen molar-refractivity contribution in [2.24, 2.45) is 0 Å². The number of fused-ring (bicyclic) bond motifs is 2. The summed E-state index contributed by atoms with van der Waals surface area (Å²) in [6.45, 7) is 3.13. The summed E-state index contributed by atoms with van der Waals surface area (Å²) in [5, 5.41) is 9.15. The van der Waals surface area contributed by atoms with Crippen molar-refractivity contribution in [3.63, 3.8) is 0 Å². The van der Waals surface area contributed by atoms with Crippen LogP contribution in [0.3, 0.4) is 0 Å². The van der Waals surface area contributed by atoms with Gasteiger partial charge in [-0.1, -0.05) is 52.9 Å². The predicted octanol–water partition coefficient (Wildman–Crippen LogP) is 4.76. The quantitative estimate of drug-likeness (QED) is 0.417. The Balaban J connectivity index is 1.38. The predicted molar refractivity (Wildman–Crippen MR) is 120 cm³/mol. The Morgan fingerprint density at radius 2 is 1.70 bits per heavy atom. The number of anilines is 1. The number of nitrogens with zero attached hydrogens (tertiary/aromatic N) is 5. The van der Waals surface area contributed by atoms with Crippen LogP contribution in [0.25, 0.3) is 21.3 Å². The molecule has 5 rings (SSSR count). The van der Waals surface area contributed by atoms with E-state index in [1.165, 1.54) is 11.3 Å². The first-order chi connectivity index (χ1) is 14.7. The SMILES string of the molecule is CCN(C(=O)c1ccc(Cn2nnc3ccccc32)cc1)c1nc2ccccc2s1. The maximum atomic E-state index is 13.1. The fourth-order valence-electron chi connectivity index (χ4n) is 3.46. The van der Waals surface area contributed by atoms with Crippen LogP contribution < -0.4 is 4.90 Å². The third-order valence-electron chi connectivity index (χ3n) is 5.03. The molecule has 3 aromatic carbocycles. The molecule has 0 spiro atoms. The molecule has 0 aliphatic rings. The maximum absolute atomic E-state index is 13.1. The fourth-order valence-corrected chi connectivity index (χ4v) is 4.48. The van der Waals surface area contributed by atoms with E-state index in [-0.39, 0.29) is 5.91 Å². The Bertz CT molecular complexity index is 1310. The molecule has 148 valence electrons. The van der Waals surface area contributed by atoms with Crippen LogP contribution in [0.4, 0.5) is 5.13 Å². The lowest BCUT2D eigenvalue weighted by Crippen LogP contribution is -2.30. The Labute approximate surface area is 177 Å². The van der Waals surface area contributed by atoms with E-state index in [9.17, 15) is 4.79 Å². The van der Waals surface area contributed by atoms with Crippen molar-refractivity contribution in [1.29, 1.82) is 0 Å². The summed E-state index contributed by atoms with van der Waals surface area (Å²) in [5.74, 6) is -0.0469. The monoisotopic (exact) mass is 413 g/mol. The van der Waals surface area contributed by atoms with Crippen LogP contribution in [-0.4, -0.2) is 32.4 Å². The molecular formula is C23H19N5OS. The molecule has 7 heteroatoms. The van der Waals surface area contributed by atoms with Gasteiger partial charge in [0.25, 0.3) is 5.91 Å². The van der Waals surface area contributed by atoms with Gasteiger partial charge in [0.1, 0.15) is 5.52 Å². The lowest BCUT2D eigenvalue weighted by molar-refractivity contribution is 0.0988. The van der Waals surface area contributed by atoms with Gasteiger partial charge in [-0.2, -0.15) is 0 Å². The lowest BCUT2D eigenvalue weighted by atomic mass is 10.1. The zero-order valence-corrected chi connectivity index (χ0v) is 17.2. The van der Waals surface area contributed by atoms with Crippen LogP contribution in [-0.2, 0) is 6.54 Å². The highest BCUT2D eigenvalue weighted by atomic mass is 32.1. The second-order valence-corrected chi connectivity index (χ2v) is 7.96. The van der Waals surface area contributed by atoms with E-state index < -0.39 is 0 Å². The molecule has 5 aromatic rings. The third-order valence-corrected chi connectivity index (χ3v) is 6.09. The molecule has 0 saturated carbocycles. The van der Waals surface area contributed by atoms with E-state index in [0.29, 0.717) is 18.7 Å². The number of amides is 1. The summed E-state index contributed by atoms with van der Waals surface area (Å²) in [4.78, 5) is 19.5. The molecule has 0 atom stereocenters. The number of thiazole rings is 1. The minimum absolute atomic E-state index is 0.0469. The standard InChI is InChI=1S/C23H19N5OS/c1-2-27(23-24-19-8-4-6-10-21(19)30-23)22(29)17-13-11-16(12-14-17)15-28-20-9-5-3-7-18(20)25-26-28/h3-14H,2,15H2,1H3. The molecule has 2 aromatic heterocycles. The molecule has 0 radical (unpaired) electrons. The minimum Gasteiger partial charge on any atom is -0.284 e. The number of aromatic nitrogens is 4. The van der Waals surface area contributed by atoms with E-state index in [1.807, 2.05) is 84.4 Å². The van der Waals surface area contributed by atoms with Crippen LogP contribution in [0.1, 0.15) is 22.8 Å². The van der Waals surface area contributed by atoms with Crippen LogP contribution in [0.2, 0.25) is 0 Å². The molecule has 1 amide bonds. The number of rotatable bonds is 5. The lowest BCUT2D eigenvalue weighted by Gasteiger charge is -2.17. The number of para-hydroxylation sites is 2. The van der Waals surface area contributed by atoms with E-state index >= 15 is 0 Å². The smallest absolute Gasteiger partial charge is 0.260 e. The van der Waals surface area contributed by atoms with Crippen molar-refractivity contribution in [2.75, 3.05) is 11.4 Å². The summed E-state index contributed by atoms with van der Waals surface area (Å²) in [6.07, 6.45) is 0. The van der Waals surface area contributed by atoms with Crippen LogP contribution >= 0.6 is 11.3 Å². The highest BCUT2D eigenvalue weighted by molar-refractivity contribution is 7.22. The number of hydrogen-bond donors (Lipinski definition) is 0. The maximum Gasteiger partial charge on any atom is 0.260 e. The molecule has 2 heterocycles. The van der Waals surface area contributed by atoms with Gasteiger partial charge in [0.05, 0.1) is 22.3 Å². The number of carbonyl (C=O) groups is 1. The second kappa shape index (κ2) is 7.68. The van der Waals surface area contributed by atoms with E-state index in [2.05, 4.69) is 15.3 Å². The molecule has 0 aliphatic heterocycles. The van der Waals surface area contributed by atoms with Gasteiger partial charge in [0, 0.05) is 12.1 Å². The highest BCUT2D eigenvalue weighted by Gasteiger charge is 2.19. The molecule has 30 heavy (non-hydrogen) atoms. The number of benzene rings is 3. The first-order valence-electron chi connectivity index (χ1n) is 9.77. The molecule has 0 bridgehead atoms. The largest absolute Gasteiger partial charge is 0.284 e. The molecule has 0 unspecified atom stereocenters. The Morgan fingerprint density at radius 1 is 0.967 bits per heavy atom. The molecule has 0 saturated heterocycles. The van der Waals surface area contributed by atoms with Gasteiger partial charge >= 0.3 is 0 Å². The average Bonchev–Trinajstić information content (AvgIpc) is 3.39. The first kappa shape index (κ1) is 18.4. The Hall–Kier alpha value is -3.58. The van der Waals surface area contributed by atoms with Crippen molar-refractivity contribution in [3.8, 4) is 0 Å². The zero-order valence-electron chi connectivity index (χ0n) is 16.4. The van der Waals surface area contributed by atoms with Gasteiger partial charge < -0.3 is 0 Å². The summed E-state index contributed by atoms with van der Waals surface area (Å²) < 4.78 is 2.94. The van der Waals surface area contributed by atoms with Crippen molar-refractivity contribution in [3.05, 3.63) is 83.9 Å². The van der Waals surface area contributed by atoms with Gasteiger partial charge in [-0.3, -0.25) is 9.69 Å².